The van der Waals surface area contributed by atoms with Gasteiger partial charge in [-0.2, -0.15) is 0 Å². The third kappa shape index (κ3) is 6.08. The maximum Gasteiger partial charge on any atom is 0.267 e. The number of hydrogen-bond acceptors (Lipinski definition) is 6. The van der Waals surface area contributed by atoms with Gasteiger partial charge in [0.1, 0.15) is 17.6 Å². The van der Waals surface area contributed by atoms with Crippen molar-refractivity contribution < 1.29 is 14.1 Å². The molecule has 38 heavy (non-hydrogen) atoms. The molecule has 1 amide bonds. The molecule has 5 aromatic rings. The molecule has 0 aliphatic rings. The fourth-order valence-electron chi connectivity index (χ4n) is 3.65. The molecule has 0 saturated carbocycles. The molecular formula is C28H22ClN5O4. The zero-order valence-electron chi connectivity index (χ0n) is 20.0. The van der Waals surface area contributed by atoms with Gasteiger partial charge in [0, 0.05) is 23.8 Å². The van der Waals surface area contributed by atoms with Crippen LogP contribution in [0.25, 0.3) is 0 Å². The van der Waals surface area contributed by atoms with Crippen molar-refractivity contribution in [3.63, 3.8) is 0 Å². The first kappa shape index (κ1) is 24.8. The summed E-state index contributed by atoms with van der Waals surface area (Å²) < 4.78 is 11.8. The van der Waals surface area contributed by atoms with E-state index in [-0.39, 0.29) is 17.7 Å². The molecule has 0 atom stereocenters. The van der Waals surface area contributed by atoms with Gasteiger partial charge in [0.2, 0.25) is 5.62 Å². The molecule has 0 spiro atoms. The predicted molar refractivity (Wildman–Crippen MR) is 141 cm³/mol. The van der Waals surface area contributed by atoms with Gasteiger partial charge in [0.15, 0.2) is 0 Å². The standard InChI is InChI=1S/C28H22ClN5O4/c29-21-8-6-20(7-9-21)18-34-27(36)24(26(35)30-16-19-4-2-1-3-5-19)17-31-28(34)32-22-10-12-23(13-11-22)38-25-14-15-37-33-25/h1-15,17H,16,18H2,(H,30,35)(H,31,32). The molecule has 0 fully saturated rings. The molecule has 10 heteroatoms. The molecule has 9 nitrogen and oxygen atoms in total. The Labute approximate surface area is 222 Å². The zero-order chi connectivity index (χ0) is 26.3. The average Bonchev–Trinajstić information content (AvgIpc) is 3.45. The quantitative estimate of drug-likeness (QED) is 0.300. The lowest BCUT2D eigenvalue weighted by Crippen LogP contribution is -2.41. The summed E-state index contributed by atoms with van der Waals surface area (Å²) in [6.45, 7) is 0.476. The van der Waals surface area contributed by atoms with E-state index in [4.69, 9.17) is 20.9 Å². The van der Waals surface area contributed by atoms with Crippen molar-refractivity contribution in [3.8, 4) is 11.6 Å². The van der Waals surface area contributed by atoms with Gasteiger partial charge in [0.25, 0.3) is 17.3 Å². The molecule has 3 aromatic carbocycles. The molecule has 0 saturated heterocycles. The number of nitrogens with zero attached hydrogens (tertiary/aromatic N) is 3. The molecule has 0 aliphatic heterocycles. The van der Waals surface area contributed by atoms with E-state index in [1.807, 2.05) is 42.5 Å². The Hall–Kier alpha value is -4.89. The minimum absolute atomic E-state index is 0.0230. The molecule has 5 rings (SSSR count). The van der Waals surface area contributed by atoms with Gasteiger partial charge in [-0.3, -0.25) is 14.2 Å². The Morgan fingerprint density at radius 2 is 1.76 bits per heavy atom. The topological polar surface area (TPSA) is 115 Å². The number of nitrogens with one attached hydrogen (secondary N) is 2. The van der Waals surface area contributed by atoms with Gasteiger partial charge < -0.3 is 19.6 Å². The summed E-state index contributed by atoms with van der Waals surface area (Å²) in [5, 5.41) is 7.10. The first-order chi connectivity index (χ1) is 18.5. The fourth-order valence-corrected chi connectivity index (χ4v) is 3.78. The Bertz CT molecular complexity index is 1640. The van der Waals surface area contributed by atoms with Crippen LogP contribution >= 0.6 is 11.6 Å². The lowest BCUT2D eigenvalue weighted by atomic mass is 10.2. The first-order valence-corrected chi connectivity index (χ1v) is 12.0. The number of carbonyl (C=O) groups excluding carboxylic acids is 1. The van der Waals surface area contributed by atoms with E-state index in [1.165, 1.54) is 17.0 Å². The Morgan fingerprint density at radius 1 is 1.00 bits per heavy atom. The van der Waals surface area contributed by atoms with Crippen LogP contribution in [0.1, 0.15) is 21.5 Å². The van der Waals surface area contributed by atoms with Gasteiger partial charge in [0.05, 0.1) is 12.2 Å². The number of aromatic nitrogens is 3. The van der Waals surface area contributed by atoms with Crippen LogP contribution in [0.2, 0.25) is 5.02 Å². The van der Waals surface area contributed by atoms with Crippen molar-refractivity contribution in [2.24, 2.45) is 4.99 Å². The van der Waals surface area contributed by atoms with Crippen LogP contribution in [-0.2, 0) is 13.1 Å². The van der Waals surface area contributed by atoms with Crippen molar-refractivity contribution in [1.29, 1.82) is 0 Å². The summed E-state index contributed by atoms with van der Waals surface area (Å²) in [5.41, 5.74) is 2.08. The number of H-pyrrole nitrogens is 1. The maximum atomic E-state index is 13.5. The van der Waals surface area contributed by atoms with Crippen LogP contribution in [0.4, 0.5) is 5.69 Å². The van der Waals surface area contributed by atoms with Gasteiger partial charge in [-0.1, -0.05) is 54.1 Å². The van der Waals surface area contributed by atoms with Crippen LogP contribution in [-0.4, -0.2) is 20.6 Å². The summed E-state index contributed by atoms with van der Waals surface area (Å²) in [7, 11) is 0. The number of halogens is 1. The molecule has 0 bridgehead atoms. The summed E-state index contributed by atoms with van der Waals surface area (Å²) in [6.07, 6.45) is 2.79. The highest BCUT2D eigenvalue weighted by atomic mass is 35.5. The number of amides is 1. The number of benzene rings is 3. The minimum atomic E-state index is -0.485. The molecule has 0 aliphatic carbocycles. The molecule has 0 radical (unpaired) electrons. The Kier molecular flexibility index (Phi) is 7.47. The average molecular weight is 528 g/mol. The summed E-state index contributed by atoms with van der Waals surface area (Å²) in [5.74, 6) is 0.396. The third-order valence-corrected chi connectivity index (χ3v) is 5.83. The summed E-state index contributed by atoms with van der Waals surface area (Å²) in [4.78, 5) is 34.0. The Balaban J connectivity index is 1.46. The number of hydrogen-bond donors (Lipinski definition) is 2. The number of ether oxygens (including phenoxy) is 1. The third-order valence-electron chi connectivity index (χ3n) is 5.58. The largest absolute Gasteiger partial charge is 0.436 e. The molecule has 190 valence electrons. The zero-order valence-corrected chi connectivity index (χ0v) is 20.8. The van der Waals surface area contributed by atoms with Gasteiger partial charge >= 0.3 is 0 Å². The van der Waals surface area contributed by atoms with Gasteiger partial charge in [-0.15, -0.1) is 0 Å². The number of aromatic amines is 1. The van der Waals surface area contributed by atoms with Crippen LogP contribution in [0.15, 0.2) is 112 Å². The van der Waals surface area contributed by atoms with Crippen LogP contribution < -0.4 is 21.2 Å². The van der Waals surface area contributed by atoms with E-state index in [2.05, 4.69) is 20.4 Å². The summed E-state index contributed by atoms with van der Waals surface area (Å²) in [6, 6.07) is 25.1. The lowest BCUT2D eigenvalue weighted by Gasteiger charge is -2.11. The predicted octanol–water partition coefficient (Wildman–Crippen LogP) is 4.82. The molecule has 2 aromatic heterocycles. The molecular weight excluding hydrogens is 506 g/mol. The van der Waals surface area contributed by atoms with Crippen molar-refractivity contribution in [2.45, 2.75) is 13.1 Å². The normalized spacial score (nSPS) is 11.3. The first-order valence-electron chi connectivity index (χ1n) is 11.7. The molecule has 0 unspecified atom stereocenters. The second-order valence-corrected chi connectivity index (χ2v) is 8.69. The van der Waals surface area contributed by atoms with Crippen molar-refractivity contribution >= 4 is 23.2 Å². The number of carbonyl (C=O) groups is 1. The highest BCUT2D eigenvalue weighted by Gasteiger charge is 2.15. The SMILES string of the molecule is O=C(NCc1ccccc1)c1c[nH]/c(=N\c2ccc(Oc3ccon3)cc2)n(Cc2ccc(Cl)cc2)c1=O. The molecule has 2 N–H and O–H groups in total. The highest BCUT2D eigenvalue weighted by Crippen LogP contribution is 2.22. The van der Waals surface area contributed by atoms with Crippen molar-refractivity contribution in [3.05, 3.63) is 135 Å². The van der Waals surface area contributed by atoms with Crippen molar-refractivity contribution in [2.75, 3.05) is 0 Å². The monoisotopic (exact) mass is 527 g/mol. The highest BCUT2D eigenvalue weighted by molar-refractivity contribution is 6.30. The fraction of sp³-hybridized carbons (Fsp3) is 0.0714. The van der Waals surface area contributed by atoms with Gasteiger partial charge in [-0.05, 0) is 52.7 Å². The smallest absolute Gasteiger partial charge is 0.267 e. The van der Waals surface area contributed by atoms with Crippen LogP contribution in [0.3, 0.4) is 0 Å². The van der Waals surface area contributed by atoms with E-state index < -0.39 is 11.5 Å². The lowest BCUT2D eigenvalue weighted by molar-refractivity contribution is 0.0948. The van der Waals surface area contributed by atoms with Crippen LogP contribution in [0, 0.1) is 0 Å². The Morgan fingerprint density at radius 3 is 2.47 bits per heavy atom. The summed E-state index contributed by atoms with van der Waals surface area (Å²) >= 11 is 6.03. The number of rotatable bonds is 8. The van der Waals surface area contributed by atoms with E-state index in [9.17, 15) is 9.59 Å². The van der Waals surface area contributed by atoms with Gasteiger partial charge in [-0.25, -0.2) is 4.99 Å². The van der Waals surface area contributed by atoms with E-state index in [0.29, 0.717) is 28.9 Å². The maximum absolute atomic E-state index is 13.5. The van der Waals surface area contributed by atoms with Crippen LogP contribution in [0.5, 0.6) is 11.6 Å². The minimum Gasteiger partial charge on any atom is -0.436 e. The van der Waals surface area contributed by atoms with E-state index in [0.717, 1.165) is 11.1 Å². The molecule has 2 heterocycles. The van der Waals surface area contributed by atoms with E-state index in [1.54, 1.807) is 42.5 Å². The van der Waals surface area contributed by atoms with E-state index >= 15 is 0 Å². The van der Waals surface area contributed by atoms with Crippen molar-refractivity contribution in [1.82, 2.24) is 20.0 Å². The second-order valence-electron chi connectivity index (χ2n) is 8.26. The second kappa shape index (κ2) is 11.4.